The van der Waals surface area contributed by atoms with Gasteiger partial charge in [-0.15, -0.1) is 0 Å². The molecule has 2 aromatic rings. The fourth-order valence-corrected chi connectivity index (χ4v) is 1.89. The fraction of sp³-hybridized carbons (Fsp3) is 0.200. The number of esters is 1. The fourth-order valence-electron chi connectivity index (χ4n) is 1.89. The van der Waals surface area contributed by atoms with Crippen LogP contribution in [0.15, 0.2) is 47.4 Å². The Labute approximate surface area is 126 Å². The molecule has 1 atom stereocenters. The van der Waals surface area contributed by atoms with E-state index >= 15 is 0 Å². The number of ether oxygens (including phenoxy) is 1. The molecule has 0 radical (unpaired) electrons. The summed E-state index contributed by atoms with van der Waals surface area (Å²) in [5, 5.41) is 6.48. The normalized spacial score (nSPS) is 11.5. The van der Waals surface area contributed by atoms with E-state index in [9.17, 15) is 14.4 Å². The maximum Gasteiger partial charge on any atom is 0.339 e. The highest BCUT2D eigenvalue weighted by Gasteiger charge is 2.19. The van der Waals surface area contributed by atoms with Crippen LogP contribution < -0.4 is 10.9 Å². The Morgan fingerprint density at radius 1 is 1.23 bits per heavy atom. The van der Waals surface area contributed by atoms with Crippen molar-refractivity contribution in [3.05, 3.63) is 58.5 Å². The molecule has 0 aliphatic rings. The molecular formula is C15H15N3O4. The number of para-hydroxylation sites is 1. The molecule has 7 heteroatoms. The molecule has 0 fully saturated rings. The summed E-state index contributed by atoms with van der Waals surface area (Å²) in [7, 11) is 1.26. The Kier molecular flexibility index (Phi) is 4.67. The lowest BCUT2D eigenvalue weighted by Crippen LogP contribution is -2.33. The number of nitrogens with one attached hydrogen (secondary N) is 1. The summed E-state index contributed by atoms with van der Waals surface area (Å²) in [6, 6.07) is 8.46. The molecular weight excluding hydrogens is 286 g/mol. The zero-order valence-electron chi connectivity index (χ0n) is 12.1. The molecule has 1 N–H and O–H groups in total. The van der Waals surface area contributed by atoms with Crippen molar-refractivity contribution in [3.8, 4) is 0 Å². The molecule has 0 spiro atoms. The summed E-state index contributed by atoms with van der Waals surface area (Å²) in [6.07, 6.45) is 1.42. The third-order valence-corrected chi connectivity index (χ3v) is 3.08. The summed E-state index contributed by atoms with van der Waals surface area (Å²) in [6.45, 7) is 1.55. The average molecular weight is 301 g/mol. The van der Waals surface area contributed by atoms with Crippen molar-refractivity contribution >= 4 is 17.6 Å². The average Bonchev–Trinajstić information content (AvgIpc) is 2.54. The van der Waals surface area contributed by atoms with Gasteiger partial charge in [0.15, 0.2) is 0 Å². The van der Waals surface area contributed by atoms with Gasteiger partial charge >= 0.3 is 5.97 Å². The number of carbonyl (C=O) groups is 2. The largest absolute Gasteiger partial charge is 0.465 e. The second kappa shape index (κ2) is 6.66. The highest BCUT2D eigenvalue weighted by molar-refractivity contribution is 6.02. The second-order valence-corrected chi connectivity index (χ2v) is 4.51. The Morgan fingerprint density at radius 3 is 2.64 bits per heavy atom. The van der Waals surface area contributed by atoms with Gasteiger partial charge in [0.25, 0.3) is 5.56 Å². The molecule has 22 heavy (non-hydrogen) atoms. The van der Waals surface area contributed by atoms with E-state index in [0.717, 1.165) is 4.68 Å². The van der Waals surface area contributed by atoms with Crippen LogP contribution in [0.3, 0.4) is 0 Å². The van der Waals surface area contributed by atoms with Gasteiger partial charge in [-0.3, -0.25) is 9.59 Å². The van der Waals surface area contributed by atoms with E-state index in [4.69, 9.17) is 0 Å². The van der Waals surface area contributed by atoms with E-state index in [1.165, 1.54) is 25.4 Å². The number of hydrogen-bond donors (Lipinski definition) is 1. The van der Waals surface area contributed by atoms with Gasteiger partial charge in [0, 0.05) is 12.3 Å². The molecule has 0 saturated heterocycles. The summed E-state index contributed by atoms with van der Waals surface area (Å²) in [4.78, 5) is 35.6. The summed E-state index contributed by atoms with van der Waals surface area (Å²) >= 11 is 0. The number of benzene rings is 1. The van der Waals surface area contributed by atoms with Crippen molar-refractivity contribution in [2.75, 3.05) is 12.4 Å². The molecule has 1 unspecified atom stereocenters. The summed E-state index contributed by atoms with van der Waals surface area (Å²) in [5.74, 6) is -1.02. The molecule has 1 heterocycles. The molecule has 2 rings (SSSR count). The Morgan fingerprint density at radius 2 is 1.95 bits per heavy atom. The third kappa shape index (κ3) is 3.20. The van der Waals surface area contributed by atoms with Crippen molar-refractivity contribution in [3.63, 3.8) is 0 Å². The minimum atomic E-state index is -0.820. The zero-order valence-corrected chi connectivity index (χ0v) is 12.1. The van der Waals surface area contributed by atoms with Crippen LogP contribution in [-0.2, 0) is 9.53 Å². The molecule has 0 aliphatic carbocycles. The van der Waals surface area contributed by atoms with E-state index < -0.39 is 17.9 Å². The minimum Gasteiger partial charge on any atom is -0.465 e. The molecule has 1 aromatic heterocycles. The number of hydrogen-bond acceptors (Lipinski definition) is 5. The van der Waals surface area contributed by atoms with E-state index in [1.807, 2.05) is 0 Å². The first-order valence-corrected chi connectivity index (χ1v) is 6.56. The van der Waals surface area contributed by atoms with Gasteiger partial charge in [0.2, 0.25) is 5.91 Å². The van der Waals surface area contributed by atoms with Crippen LogP contribution in [0.4, 0.5) is 5.69 Å². The van der Waals surface area contributed by atoms with Gasteiger partial charge in [-0.25, -0.2) is 9.48 Å². The number of methoxy groups -OCH3 is 1. The minimum absolute atomic E-state index is 0.235. The van der Waals surface area contributed by atoms with E-state index in [-0.39, 0.29) is 11.1 Å². The van der Waals surface area contributed by atoms with Crippen molar-refractivity contribution in [2.45, 2.75) is 13.0 Å². The van der Waals surface area contributed by atoms with Crippen molar-refractivity contribution in [1.29, 1.82) is 0 Å². The highest BCUT2D eigenvalue weighted by Crippen LogP contribution is 2.17. The van der Waals surface area contributed by atoms with Gasteiger partial charge in [-0.05, 0) is 25.1 Å². The van der Waals surface area contributed by atoms with Crippen LogP contribution in [0, 0.1) is 0 Å². The number of nitrogens with zero attached hydrogens (tertiary/aromatic N) is 2. The molecule has 0 bridgehead atoms. The molecule has 0 saturated carbocycles. The third-order valence-electron chi connectivity index (χ3n) is 3.08. The predicted octanol–water partition coefficient (Wildman–Crippen LogP) is 1.23. The quantitative estimate of drug-likeness (QED) is 0.858. The second-order valence-electron chi connectivity index (χ2n) is 4.51. The number of rotatable bonds is 4. The smallest absolute Gasteiger partial charge is 0.339 e. The van der Waals surface area contributed by atoms with Crippen LogP contribution in [-0.4, -0.2) is 28.8 Å². The first kappa shape index (κ1) is 15.4. The van der Waals surface area contributed by atoms with Gasteiger partial charge in [-0.2, -0.15) is 5.10 Å². The van der Waals surface area contributed by atoms with Crippen LogP contribution in [0.2, 0.25) is 0 Å². The van der Waals surface area contributed by atoms with Crippen LogP contribution in [0.5, 0.6) is 0 Å². The molecule has 1 amide bonds. The van der Waals surface area contributed by atoms with Crippen LogP contribution >= 0.6 is 0 Å². The standard InChI is InChI=1S/C15H15N3O4/c1-10(18-13(19)8-5-9-16-18)14(20)17-12-7-4-3-6-11(12)15(21)22-2/h3-10H,1-2H3,(H,17,20). The van der Waals surface area contributed by atoms with Gasteiger partial charge < -0.3 is 10.1 Å². The number of anilines is 1. The predicted molar refractivity (Wildman–Crippen MR) is 79.6 cm³/mol. The maximum atomic E-state index is 12.3. The van der Waals surface area contributed by atoms with E-state index in [2.05, 4.69) is 15.2 Å². The van der Waals surface area contributed by atoms with Crippen LogP contribution in [0.25, 0.3) is 0 Å². The number of aromatic nitrogens is 2. The topological polar surface area (TPSA) is 90.3 Å². The molecule has 7 nitrogen and oxygen atoms in total. The van der Waals surface area contributed by atoms with Crippen molar-refractivity contribution in [1.82, 2.24) is 9.78 Å². The van der Waals surface area contributed by atoms with E-state index in [0.29, 0.717) is 5.69 Å². The van der Waals surface area contributed by atoms with Crippen molar-refractivity contribution < 1.29 is 14.3 Å². The Hall–Kier alpha value is -2.96. The first-order valence-electron chi connectivity index (χ1n) is 6.56. The van der Waals surface area contributed by atoms with Gasteiger partial charge in [0.1, 0.15) is 6.04 Å². The zero-order chi connectivity index (χ0) is 16.1. The monoisotopic (exact) mass is 301 g/mol. The lowest BCUT2D eigenvalue weighted by molar-refractivity contribution is -0.119. The van der Waals surface area contributed by atoms with Crippen LogP contribution in [0.1, 0.15) is 23.3 Å². The molecule has 0 aliphatic heterocycles. The van der Waals surface area contributed by atoms with Crippen molar-refractivity contribution in [2.24, 2.45) is 0 Å². The maximum absolute atomic E-state index is 12.3. The van der Waals surface area contributed by atoms with E-state index in [1.54, 1.807) is 31.2 Å². The lowest BCUT2D eigenvalue weighted by Gasteiger charge is -2.15. The summed E-state index contributed by atoms with van der Waals surface area (Å²) < 4.78 is 5.73. The summed E-state index contributed by atoms with van der Waals surface area (Å²) in [5.41, 5.74) is 0.167. The molecule has 1 aromatic carbocycles. The number of amides is 1. The molecule has 114 valence electrons. The lowest BCUT2D eigenvalue weighted by atomic mass is 10.1. The highest BCUT2D eigenvalue weighted by atomic mass is 16.5. The SMILES string of the molecule is COC(=O)c1ccccc1NC(=O)C(C)n1ncccc1=O. The Bertz CT molecular complexity index is 754. The van der Waals surface area contributed by atoms with Gasteiger partial charge in [-0.1, -0.05) is 12.1 Å². The first-order chi connectivity index (χ1) is 10.5. The van der Waals surface area contributed by atoms with Gasteiger partial charge in [0.05, 0.1) is 18.4 Å². The Balaban J connectivity index is 2.25. The number of carbonyl (C=O) groups excluding carboxylic acids is 2.